The number of ether oxygens (including phenoxy) is 1. The molecule has 1 aromatic heterocycles. The lowest BCUT2D eigenvalue weighted by molar-refractivity contribution is 0.185. The van der Waals surface area contributed by atoms with Crippen LogP contribution in [0.15, 0.2) is 41.7 Å². The van der Waals surface area contributed by atoms with Crippen LogP contribution in [0.4, 0.5) is 0 Å². The van der Waals surface area contributed by atoms with Crippen LogP contribution in [-0.2, 0) is 24.9 Å². The molecule has 0 spiro atoms. The first-order valence-electron chi connectivity index (χ1n) is 9.28. The highest BCUT2D eigenvalue weighted by molar-refractivity contribution is 14.0. The second-order valence-electron chi connectivity index (χ2n) is 6.80. The summed E-state index contributed by atoms with van der Waals surface area (Å²) in [5.74, 6) is 1.53. The predicted octanol–water partition coefficient (Wildman–Crippen LogP) is 3.14. The van der Waals surface area contributed by atoms with Crippen LogP contribution in [0.1, 0.15) is 36.0 Å². The number of rotatable bonds is 6. The Morgan fingerprint density at radius 1 is 1.30 bits per heavy atom. The highest BCUT2D eigenvalue weighted by Crippen LogP contribution is 2.26. The smallest absolute Gasteiger partial charge is 0.194 e. The number of aliphatic imine (C=N–C) groups is 1. The molecule has 27 heavy (non-hydrogen) atoms. The molecule has 1 aromatic carbocycles. The number of nitrogens with zero attached hydrogens (tertiary/aromatic N) is 4. The van der Waals surface area contributed by atoms with E-state index in [9.17, 15) is 0 Å². The standard InChI is InChI=1S/C20H29N5O.HI/c1-4-21-20(22-11-16-5-7-17(8-6-16)15-26-3)25-10-9-18(14-25)19-12-23-24(2)13-19;/h5-8,12-13,18H,4,9-11,14-15H2,1-3H3,(H,21,22);1H. The molecule has 0 amide bonds. The lowest BCUT2D eigenvalue weighted by Gasteiger charge is -2.21. The second-order valence-corrected chi connectivity index (χ2v) is 6.80. The van der Waals surface area contributed by atoms with Gasteiger partial charge in [-0.3, -0.25) is 4.68 Å². The van der Waals surface area contributed by atoms with Crippen molar-refractivity contribution in [3.8, 4) is 0 Å². The fourth-order valence-electron chi connectivity index (χ4n) is 3.38. The SMILES string of the molecule is CCNC(=NCc1ccc(COC)cc1)N1CCC(c2cnn(C)c2)C1.I. The summed E-state index contributed by atoms with van der Waals surface area (Å²) in [7, 11) is 3.69. The molecule has 0 saturated carbocycles. The summed E-state index contributed by atoms with van der Waals surface area (Å²) < 4.78 is 7.04. The minimum Gasteiger partial charge on any atom is -0.380 e. The molecule has 1 aliphatic heterocycles. The minimum absolute atomic E-state index is 0. The van der Waals surface area contributed by atoms with Crippen molar-refractivity contribution < 1.29 is 4.74 Å². The number of likely N-dealkylation sites (tertiary alicyclic amines) is 1. The van der Waals surface area contributed by atoms with Crippen molar-refractivity contribution in [1.29, 1.82) is 0 Å². The van der Waals surface area contributed by atoms with Crippen LogP contribution < -0.4 is 5.32 Å². The average molecular weight is 483 g/mol. The maximum atomic E-state index is 5.16. The van der Waals surface area contributed by atoms with E-state index >= 15 is 0 Å². The first-order valence-corrected chi connectivity index (χ1v) is 9.28. The normalized spacial score (nSPS) is 17.1. The van der Waals surface area contributed by atoms with E-state index in [-0.39, 0.29) is 24.0 Å². The molecule has 1 saturated heterocycles. The Morgan fingerprint density at radius 2 is 2.04 bits per heavy atom. The summed E-state index contributed by atoms with van der Waals surface area (Å²) in [6, 6.07) is 8.47. The van der Waals surface area contributed by atoms with Gasteiger partial charge in [0.15, 0.2) is 5.96 Å². The number of guanidine groups is 1. The lowest BCUT2D eigenvalue weighted by atomic mass is 10.0. The van der Waals surface area contributed by atoms with Crippen LogP contribution in [0, 0.1) is 0 Å². The highest BCUT2D eigenvalue weighted by atomic mass is 127. The molecule has 1 atom stereocenters. The topological polar surface area (TPSA) is 54.7 Å². The number of aryl methyl sites for hydroxylation is 1. The van der Waals surface area contributed by atoms with Gasteiger partial charge in [0, 0.05) is 45.9 Å². The number of benzene rings is 1. The monoisotopic (exact) mass is 483 g/mol. The zero-order valence-corrected chi connectivity index (χ0v) is 18.7. The van der Waals surface area contributed by atoms with Crippen molar-refractivity contribution >= 4 is 29.9 Å². The summed E-state index contributed by atoms with van der Waals surface area (Å²) >= 11 is 0. The van der Waals surface area contributed by atoms with Crippen molar-refractivity contribution in [1.82, 2.24) is 20.0 Å². The summed E-state index contributed by atoms with van der Waals surface area (Å²) in [4.78, 5) is 7.22. The van der Waals surface area contributed by atoms with Gasteiger partial charge in [0.25, 0.3) is 0 Å². The Morgan fingerprint density at radius 3 is 2.67 bits per heavy atom. The third-order valence-electron chi connectivity index (χ3n) is 4.76. The fraction of sp³-hybridized carbons (Fsp3) is 0.500. The van der Waals surface area contributed by atoms with Gasteiger partial charge in [0.2, 0.25) is 0 Å². The van der Waals surface area contributed by atoms with Crippen LogP contribution >= 0.6 is 24.0 Å². The summed E-state index contributed by atoms with van der Waals surface area (Å²) in [6.45, 7) is 6.34. The van der Waals surface area contributed by atoms with Crippen LogP contribution in [-0.4, -0.2) is 47.4 Å². The van der Waals surface area contributed by atoms with Crippen LogP contribution in [0.3, 0.4) is 0 Å². The maximum Gasteiger partial charge on any atom is 0.194 e. The molecule has 3 rings (SSSR count). The second kappa shape index (κ2) is 10.7. The van der Waals surface area contributed by atoms with E-state index in [4.69, 9.17) is 9.73 Å². The van der Waals surface area contributed by atoms with Crippen molar-refractivity contribution in [2.75, 3.05) is 26.7 Å². The zero-order chi connectivity index (χ0) is 18.4. The Hall–Kier alpha value is -1.61. The number of aromatic nitrogens is 2. The van der Waals surface area contributed by atoms with E-state index in [0.29, 0.717) is 19.1 Å². The Balaban J connectivity index is 0.00000261. The predicted molar refractivity (Wildman–Crippen MR) is 120 cm³/mol. The average Bonchev–Trinajstić information content (AvgIpc) is 3.29. The quantitative estimate of drug-likeness (QED) is 0.390. The number of hydrogen-bond acceptors (Lipinski definition) is 3. The van der Waals surface area contributed by atoms with Gasteiger partial charge in [0.1, 0.15) is 0 Å². The number of methoxy groups -OCH3 is 1. The summed E-state index contributed by atoms with van der Waals surface area (Å²) in [6.07, 6.45) is 5.25. The molecule has 7 heteroatoms. The van der Waals surface area contributed by atoms with Crippen molar-refractivity contribution in [2.45, 2.75) is 32.4 Å². The lowest BCUT2D eigenvalue weighted by Crippen LogP contribution is -2.40. The first kappa shape index (κ1) is 21.7. The molecule has 0 bridgehead atoms. The summed E-state index contributed by atoms with van der Waals surface area (Å²) in [5, 5.41) is 7.75. The van der Waals surface area contributed by atoms with E-state index in [1.54, 1.807) is 7.11 Å². The van der Waals surface area contributed by atoms with Gasteiger partial charge in [-0.25, -0.2) is 4.99 Å². The fourth-order valence-corrected chi connectivity index (χ4v) is 3.38. The van der Waals surface area contributed by atoms with Crippen molar-refractivity contribution in [2.24, 2.45) is 12.0 Å². The van der Waals surface area contributed by atoms with Gasteiger partial charge in [-0.2, -0.15) is 5.10 Å². The van der Waals surface area contributed by atoms with Gasteiger partial charge >= 0.3 is 0 Å². The molecule has 148 valence electrons. The molecule has 1 fully saturated rings. The van der Waals surface area contributed by atoms with E-state index in [2.05, 4.69) is 52.7 Å². The van der Waals surface area contributed by atoms with Gasteiger partial charge in [0.05, 0.1) is 19.3 Å². The molecule has 1 unspecified atom stereocenters. The molecule has 1 N–H and O–H groups in total. The first-order chi connectivity index (χ1) is 12.7. The zero-order valence-electron chi connectivity index (χ0n) is 16.4. The Bertz CT molecular complexity index is 728. The van der Waals surface area contributed by atoms with Gasteiger partial charge in [-0.05, 0) is 30.0 Å². The van der Waals surface area contributed by atoms with Crippen LogP contribution in [0.5, 0.6) is 0 Å². The summed E-state index contributed by atoms with van der Waals surface area (Å²) in [5.41, 5.74) is 3.72. The van der Waals surface area contributed by atoms with E-state index in [0.717, 1.165) is 32.0 Å². The molecular weight excluding hydrogens is 453 g/mol. The van der Waals surface area contributed by atoms with Crippen LogP contribution in [0.25, 0.3) is 0 Å². The van der Waals surface area contributed by atoms with Gasteiger partial charge in [-0.15, -0.1) is 24.0 Å². The Kier molecular flexibility index (Phi) is 8.56. The molecule has 2 heterocycles. The van der Waals surface area contributed by atoms with Gasteiger partial charge < -0.3 is 15.0 Å². The van der Waals surface area contributed by atoms with Crippen LogP contribution in [0.2, 0.25) is 0 Å². The third-order valence-corrected chi connectivity index (χ3v) is 4.76. The van der Waals surface area contributed by atoms with E-state index in [1.807, 2.05) is 17.9 Å². The third kappa shape index (κ3) is 5.93. The molecule has 1 aliphatic rings. The molecule has 6 nitrogen and oxygen atoms in total. The highest BCUT2D eigenvalue weighted by Gasteiger charge is 2.26. The number of hydrogen-bond donors (Lipinski definition) is 1. The number of nitrogens with one attached hydrogen (secondary N) is 1. The van der Waals surface area contributed by atoms with E-state index < -0.39 is 0 Å². The van der Waals surface area contributed by atoms with Crippen molar-refractivity contribution in [3.05, 3.63) is 53.3 Å². The maximum absolute atomic E-state index is 5.16. The molecular formula is C20H30IN5O. The molecule has 2 aromatic rings. The Labute approximate surface area is 179 Å². The number of halogens is 1. The molecule has 0 radical (unpaired) electrons. The molecule has 0 aliphatic carbocycles. The van der Waals surface area contributed by atoms with E-state index in [1.165, 1.54) is 16.7 Å². The minimum atomic E-state index is 0. The largest absolute Gasteiger partial charge is 0.380 e. The van der Waals surface area contributed by atoms with Crippen molar-refractivity contribution in [3.63, 3.8) is 0 Å². The van der Waals surface area contributed by atoms with Gasteiger partial charge in [-0.1, -0.05) is 24.3 Å².